The number of fused-ring (bicyclic) bond motifs is 1. The van der Waals surface area contributed by atoms with Gasteiger partial charge in [-0.25, -0.2) is 9.61 Å². The van der Waals surface area contributed by atoms with Crippen molar-refractivity contribution in [2.75, 3.05) is 0 Å². The van der Waals surface area contributed by atoms with Crippen LogP contribution < -0.4 is 10.6 Å². The average Bonchev–Trinajstić information content (AvgIpc) is 3.47. The maximum absolute atomic E-state index is 13.7. The standard InChI is InChI=1S/C24H28F6N6O3/c1-5-14-19(36-39-35-14)21(38)34-17(11-22(3,4)24(28,29)30)20-32-15-7-6-13(10-16(15)33-20)12(2)31-18(37)8-9-23(25,26)27/h6-7,10,12,17H,5,8-9,11H2,1-4H3,(H,31,37)(H,32,33)(H,34,38)/t12-,17+/m1/s1. The Morgan fingerprint density at radius 3 is 2.38 bits per heavy atom. The second-order valence-electron chi connectivity index (χ2n) is 9.83. The van der Waals surface area contributed by atoms with Gasteiger partial charge in [0.15, 0.2) is 5.69 Å². The van der Waals surface area contributed by atoms with Crippen molar-refractivity contribution in [2.24, 2.45) is 5.41 Å². The number of aromatic amines is 1. The summed E-state index contributed by atoms with van der Waals surface area (Å²) in [6, 6.07) is 2.84. The summed E-state index contributed by atoms with van der Waals surface area (Å²) in [4.78, 5) is 32.1. The van der Waals surface area contributed by atoms with Gasteiger partial charge < -0.3 is 15.6 Å². The number of alkyl halides is 6. The van der Waals surface area contributed by atoms with Gasteiger partial charge in [0.25, 0.3) is 5.91 Å². The second-order valence-corrected chi connectivity index (χ2v) is 9.83. The number of aromatic nitrogens is 4. The smallest absolute Gasteiger partial charge is 0.350 e. The summed E-state index contributed by atoms with van der Waals surface area (Å²) in [5, 5.41) is 12.2. The lowest BCUT2D eigenvalue weighted by atomic mass is 9.84. The predicted molar refractivity (Wildman–Crippen MR) is 126 cm³/mol. The molecule has 0 unspecified atom stereocenters. The normalized spacial score (nSPS) is 14.3. The SMILES string of the molecule is CCc1nonc1C(=O)N[C@@H](CC(C)(C)C(F)(F)F)c1nc2ccc([C@@H](C)NC(=O)CCC(F)(F)F)cc2[nH]1. The Kier molecular flexibility index (Phi) is 8.60. The van der Waals surface area contributed by atoms with Crippen molar-refractivity contribution in [3.05, 3.63) is 41.0 Å². The van der Waals surface area contributed by atoms with E-state index in [-0.39, 0.29) is 17.2 Å². The highest BCUT2D eigenvalue weighted by atomic mass is 19.4. The molecule has 2 aromatic heterocycles. The Balaban J connectivity index is 1.87. The maximum Gasteiger partial charge on any atom is 0.394 e. The molecular formula is C24H28F6N6O3. The van der Waals surface area contributed by atoms with Gasteiger partial charge in [0.2, 0.25) is 5.91 Å². The predicted octanol–water partition coefficient (Wildman–Crippen LogP) is 5.48. The first-order valence-corrected chi connectivity index (χ1v) is 12.1. The Bertz CT molecular complexity index is 1310. The molecular weight excluding hydrogens is 534 g/mol. The van der Waals surface area contributed by atoms with Crippen molar-refractivity contribution in [1.82, 2.24) is 30.9 Å². The molecule has 3 aromatic rings. The van der Waals surface area contributed by atoms with Gasteiger partial charge in [-0.15, -0.1) is 0 Å². The lowest BCUT2D eigenvalue weighted by Crippen LogP contribution is -2.39. The monoisotopic (exact) mass is 562 g/mol. The topological polar surface area (TPSA) is 126 Å². The first-order valence-electron chi connectivity index (χ1n) is 12.1. The molecule has 0 aliphatic rings. The van der Waals surface area contributed by atoms with E-state index in [0.717, 1.165) is 13.8 Å². The number of amides is 2. The molecule has 0 saturated carbocycles. The first kappa shape index (κ1) is 29.9. The third kappa shape index (κ3) is 7.47. The van der Waals surface area contributed by atoms with Crippen molar-refractivity contribution in [3.8, 4) is 0 Å². The highest BCUT2D eigenvalue weighted by Crippen LogP contribution is 2.43. The van der Waals surface area contributed by atoms with Gasteiger partial charge in [-0.05, 0) is 42.6 Å². The summed E-state index contributed by atoms with van der Waals surface area (Å²) in [6.45, 7) is 5.30. The molecule has 39 heavy (non-hydrogen) atoms. The van der Waals surface area contributed by atoms with Crippen LogP contribution in [0.2, 0.25) is 0 Å². The Morgan fingerprint density at radius 1 is 1.08 bits per heavy atom. The zero-order valence-electron chi connectivity index (χ0n) is 21.5. The van der Waals surface area contributed by atoms with E-state index in [1.165, 1.54) is 0 Å². The van der Waals surface area contributed by atoms with Crippen LogP contribution in [-0.4, -0.2) is 44.4 Å². The molecule has 15 heteroatoms. The molecule has 1 aromatic carbocycles. The van der Waals surface area contributed by atoms with Gasteiger partial charge in [0.05, 0.1) is 35.0 Å². The van der Waals surface area contributed by atoms with Crippen LogP contribution in [0.4, 0.5) is 26.3 Å². The van der Waals surface area contributed by atoms with Gasteiger partial charge in [0.1, 0.15) is 11.5 Å². The molecule has 3 N–H and O–H groups in total. The molecule has 0 aliphatic carbocycles. The minimum Gasteiger partial charge on any atom is -0.350 e. The average molecular weight is 563 g/mol. The molecule has 2 amide bonds. The van der Waals surface area contributed by atoms with Gasteiger partial charge >= 0.3 is 12.4 Å². The number of hydrogen-bond donors (Lipinski definition) is 3. The van der Waals surface area contributed by atoms with Crippen LogP contribution in [-0.2, 0) is 11.2 Å². The Labute approximate surface area is 219 Å². The maximum atomic E-state index is 13.7. The third-order valence-corrected chi connectivity index (χ3v) is 6.26. The largest absolute Gasteiger partial charge is 0.394 e. The van der Waals surface area contributed by atoms with Gasteiger partial charge in [-0.3, -0.25) is 9.59 Å². The molecule has 0 aliphatic heterocycles. The molecule has 2 atom stereocenters. The van der Waals surface area contributed by atoms with Crippen LogP contribution >= 0.6 is 0 Å². The number of nitrogens with one attached hydrogen (secondary N) is 3. The van der Waals surface area contributed by atoms with Crippen molar-refractivity contribution in [2.45, 2.75) is 77.8 Å². The van der Waals surface area contributed by atoms with Crippen LogP contribution in [0.1, 0.15) is 86.6 Å². The second kappa shape index (κ2) is 11.2. The molecule has 3 rings (SSSR count). The van der Waals surface area contributed by atoms with E-state index in [4.69, 9.17) is 0 Å². The number of nitrogens with zero attached hydrogens (tertiary/aromatic N) is 3. The number of halogens is 6. The van der Waals surface area contributed by atoms with E-state index in [1.54, 1.807) is 32.0 Å². The zero-order valence-corrected chi connectivity index (χ0v) is 21.5. The number of imidazole rings is 1. The number of H-pyrrole nitrogens is 1. The highest BCUT2D eigenvalue weighted by molar-refractivity contribution is 5.93. The molecule has 0 saturated heterocycles. The number of carbonyl (C=O) groups is 2. The van der Waals surface area contributed by atoms with Gasteiger partial charge in [0, 0.05) is 6.42 Å². The molecule has 0 radical (unpaired) electrons. The van der Waals surface area contributed by atoms with Crippen molar-refractivity contribution >= 4 is 22.8 Å². The molecule has 9 nitrogen and oxygen atoms in total. The Morgan fingerprint density at radius 2 is 1.77 bits per heavy atom. The van der Waals surface area contributed by atoms with E-state index < -0.39 is 60.9 Å². The molecule has 2 heterocycles. The van der Waals surface area contributed by atoms with Crippen LogP contribution in [0, 0.1) is 5.41 Å². The van der Waals surface area contributed by atoms with Gasteiger partial charge in [-0.2, -0.15) is 26.3 Å². The van der Waals surface area contributed by atoms with E-state index in [1.807, 2.05) is 0 Å². The van der Waals surface area contributed by atoms with Crippen LogP contribution in [0.5, 0.6) is 0 Å². The number of rotatable bonds is 10. The summed E-state index contributed by atoms with van der Waals surface area (Å²) in [6.07, 6.45) is -11.3. The quantitative estimate of drug-likeness (QED) is 0.281. The van der Waals surface area contributed by atoms with E-state index in [0.29, 0.717) is 23.0 Å². The Hall–Kier alpha value is -3.65. The molecule has 214 valence electrons. The summed E-state index contributed by atoms with van der Waals surface area (Å²) in [5.74, 6) is -1.52. The third-order valence-electron chi connectivity index (χ3n) is 6.26. The van der Waals surface area contributed by atoms with Crippen molar-refractivity contribution in [3.63, 3.8) is 0 Å². The first-order chi connectivity index (χ1) is 18.0. The zero-order chi connectivity index (χ0) is 29.2. The van der Waals surface area contributed by atoms with Crippen LogP contribution in [0.3, 0.4) is 0 Å². The van der Waals surface area contributed by atoms with Crippen molar-refractivity contribution < 1.29 is 40.6 Å². The number of hydrogen-bond acceptors (Lipinski definition) is 6. The van der Waals surface area contributed by atoms with Crippen LogP contribution in [0.15, 0.2) is 22.8 Å². The van der Waals surface area contributed by atoms with E-state index in [9.17, 15) is 35.9 Å². The number of benzene rings is 1. The highest BCUT2D eigenvalue weighted by Gasteiger charge is 2.49. The molecule has 0 fully saturated rings. The lowest BCUT2D eigenvalue weighted by Gasteiger charge is -2.31. The fraction of sp³-hybridized carbons (Fsp3) is 0.542. The summed E-state index contributed by atoms with van der Waals surface area (Å²) >= 11 is 0. The minimum absolute atomic E-state index is 0.0455. The number of carbonyl (C=O) groups excluding carboxylic acids is 2. The minimum atomic E-state index is -4.58. The van der Waals surface area contributed by atoms with Crippen LogP contribution in [0.25, 0.3) is 11.0 Å². The summed E-state index contributed by atoms with van der Waals surface area (Å²) in [7, 11) is 0. The molecule has 0 bridgehead atoms. The van der Waals surface area contributed by atoms with E-state index in [2.05, 4.69) is 35.5 Å². The summed E-state index contributed by atoms with van der Waals surface area (Å²) in [5.41, 5.74) is -0.843. The lowest BCUT2D eigenvalue weighted by molar-refractivity contribution is -0.215. The van der Waals surface area contributed by atoms with Gasteiger partial charge in [-0.1, -0.05) is 32.0 Å². The van der Waals surface area contributed by atoms with Crippen molar-refractivity contribution in [1.29, 1.82) is 0 Å². The van der Waals surface area contributed by atoms with E-state index >= 15 is 0 Å². The fourth-order valence-corrected chi connectivity index (χ4v) is 3.81. The number of aryl methyl sites for hydroxylation is 1. The molecule has 0 spiro atoms. The summed E-state index contributed by atoms with van der Waals surface area (Å²) < 4.78 is 83.0. The fourth-order valence-electron chi connectivity index (χ4n) is 3.81.